The van der Waals surface area contributed by atoms with Crippen LogP contribution in [0.15, 0.2) is 29.4 Å². The van der Waals surface area contributed by atoms with Crippen molar-refractivity contribution >= 4 is 23.4 Å². The molecule has 0 unspecified atom stereocenters. The normalized spacial score (nSPS) is 14.3. The van der Waals surface area contributed by atoms with Crippen LogP contribution in [0.3, 0.4) is 0 Å². The molecule has 1 aliphatic heterocycles. The predicted octanol–water partition coefficient (Wildman–Crippen LogP) is 3.11. The molecule has 3 rings (SSSR count). The van der Waals surface area contributed by atoms with Crippen molar-refractivity contribution in [1.82, 2.24) is 14.9 Å². The van der Waals surface area contributed by atoms with Crippen LogP contribution in [0.5, 0.6) is 5.75 Å². The van der Waals surface area contributed by atoms with Crippen molar-refractivity contribution in [2.24, 2.45) is 0 Å². The van der Waals surface area contributed by atoms with Crippen LogP contribution in [0.1, 0.15) is 23.4 Å². The molecule has 1 saturated heterocycles. The van der Waals surface area contributed by atoms with Gasteiger partial charge in [0.2, 0.25) is 5.91 Å². The average molecular weight is 401 g/mol. The molecule has 2 heterocycles. The maximum Gasteiger partial charge on any atom is 0.223 e. The summed E-state index contributed by atoms with van der Waals surface area (Å²) in [5, 5.41) is 0.791. The number of hydrogen-bond donors (Lipinski definition) is 0. The fourth-order valence-corrected chi connectivity index (χ4v) is 4.03. The van der Waals surface area contributed by atoms with Crippen LogP contribution in [0.4, 0.5) is 5.69 Å². The molecule has 0 spiro atoms. The summed E-state index contributed by atoms with van der Waals surface area (Å²) in [6, 6.07) is 8.08. The average Bonchev–Trinajstić information content (AvgIpc) is 2.73. The Kier molecular flexibility index (Phi) is 6.78. The van der Waals surface area contributed by atoms with Gasteiger partial charge in [-0.1, -0.05) is 17.8 Å². The molecule has 0 saturated carbocycles. The molecule has 1 aromatic heterocycles. The van der Waals surface area contributed by atoms with Gasteiger partial charge in [-0.3, -0.25) is 4.79 Å². The second-order valence-corrected chi connectivity index (χ2v) is 7.70. The highest BCUT2D eigenvalue weighted by atomic mass is 32.2. The molecule has 0 N–H and O–H groups in total. The van der Waals surface area contributed by atoms with Crippen LogP contribution in [-0.2, 0) is 11.2 Å². The van der Waals surface area contributed by atoms with E-state index in [2.05, 4.69) is 20.9 Å². The van der Waals surface area contributed by atoms with Gasteiger partial charge >= 0.3 is 0 Å². The van der Waals surface area contributed by atoms with E-state index in [0.717, 1.165) is 59.7 Å². The third-order valence-corrected chi connectivity index (χ3v) is 5.77. The molecule has 150 valence electrons. The molecule has 1 aromatic carbocycles. The Morgan fingerprint density at radius 3 is 2.43 bits per heavy atom. The SMILES string of the molecule is COc1cccc(N2CCN(C(=O)CCc3c(C)nc(SC)nc3C)CC2)c1. The number of carbonyl (C=O) groups is 1. The highest BCUT2D eigenvalue weighted by Crippen LogP contribution is 2.22. The molecule has 1 amide bonds. The molecular formula is C21H28N4O2S. The number of aromatic nitrogens is 2. The molecule has 0 bridgehead atoms. The van der Waals surface area contributed by atoms with E-state index < -0.39 is 0 Å². The maximum absolute atomic E-state index is 12.7. The first-order valence-electron chi connectivity index (χ1n) is 9.56. The Morgan fingerprint density at radius 2 is 1.82 bits per heavy atom. The first-order chi connectivity index (χ1) is 13.5. The van der Waals surface area contributed by atoms with E-state index in [1.54, 1.807) is 18.9 Å². The van der Waals surface area contributed by atoms with Gasteiger partial charge in [-0.05, 0) is 44.2 Å². The third kappa shape index (κ3) is 4.76. The van der Waals surface area contributed by atoms with Gasteiger partial charge in [0.05, 0.1) is 7.11 Å². The van der Waals surface area contributed by atoms with Crippen molar-refractivity contribution in [3.63, 3.8) is 0 Å². The Balaban J connectivity index is 1.54. The van der Waals surface area contributed by atoms with E-state index in [4.69, 9.17) is 4.74 Å². The number of thioether (sulfide) groups is 1. The Labute approximate surface area is 171 Å². The van der Waals surface area contributed by atoms with Gasteiger partial charge in [0, 0.05) is 55.7 Å². The third-order valence-electron chi connectivity index (χ3n) is 5.22. The lowest BCUT2D eigenvalue weighted by molar-refractivity contribution is -0.131. The number of benzene rings is 1. The van der Waals surface area contributed by atoms with Gasteiger partial charge in [-0.2, -0.15) is 0 Å². The summed E-state index contributed by atoms with van der Waals surface area (Å²) in [7, 11) is 1.68. The summed E-state index contributed by atoms with van der Waals surface area (Å²) in [6.07, 6.45) is 3.17. The molecule has 0 radical (unpaired) electrons. The smallest absolute Gasteiger partial charge is 0.223 e. The van der Waals surface area contributed by atoms with Crippen molar-refractivity contribution in [1.29, 1.82) is 0 Å². The summed E-state index contributed by atoms with van der Waals surface area (Å²) >= 11 is 1.54. The largest absolute Gasteiger partial charge is 0.497 e. The topological polar surface area (TPSA) is 58.6 Å². The predicted molar refractivity (Wildman–Crippen MR) is 113 cm³/mol. The monoisotopic (exact) mass is 400 g/mol. The molecule has 6 nitrogen and oxygen atoms in total. The van der Waals surface area contributed by atoms with Crippen LogP contribution >= 0.6 is 11.8 Å². The Bertz CT molecular complexity index is 812. The fourth-order valence-electron chi connectivity index (χ4n) is 3.57. The second kappa shape index (κ2) is 9.28. The van der Waals surface area contributed by atoms with Gasteiger partial charge in [-0.15, -0.1) is 0 Å². The molecule has 0 aliphatic carbocycles. The summed E-state index contributed by atoms with van der Waals surface area (Å²) in [6.45, 7) is 7.17. The van der Waals surface area contributed by atoms with Crippen molar-refractivity contribution in [3.05, 3.63) is 41.2 Å². The van der Waals surface area contributed by atoms with Crippen molar-refractivity contribution in [3.8, 4) is 5.75 Å². The van der Waals surface area contributed by atoms with E-state index in [1.807, 2.05) is 43.2 Å². The van der Waals surface area contributed by atoms with Gasteiger partial charge < -0.3 is 14.5 Å². The van der Waals surface area contributed by atoms with E-state index in [-0.39, 0.29) is 5.91 Å². The highest BCUT2D eigenvalue weighted by molar-refractivity contribution is 7.98. The van der Waals surface area contributed by atoms with Crippen molar-refractivity contribution < 1.29 is 9.53 Å². The molecule has 1 aliphatic rings. The van der Waals surface area contributed by atoms with Crippen molar-refractivity contribution in [2.45, 2.75) is 31.8 Å². The number of ether oxygens (including phenoxy) is 1. The number of rotatable bonds is 6. The van der Waals surface area contributed by atoms with Crippen LogP contribution in [0.25, 0.3) is 0 Å². The van der Waals surface area contributed by atoms with Crippen LogP contribution < -0.4 is 9.64 Å². The number of methoxy groups -OCH3 is 1. The van der Waals surface area contributed by atoms with Crippen LogP contribution in [-0.4, -0.2) is 60.3 Å². The Hall–Kier alpha value is -2.28. The lowest BCUT2D eigenvalue weighted by Crippen LogP contribution is -2.48. The van der Waals surface area contributed by atoms with E-state index >= 15 is 0 Å². The minimum absolute atomic E-state index is 0.207. The zero-order valence-electron chi connectivity index (χ0n) is 17.1. The van der Waals surface area contributed by atoms with Gasteiger partial charge in [0.1, 0.15) is 5.75 Å². The van der Waals surface area contributed by atoms with Crippen molar-refractivity contribution in [2.75, 3.05) is 44.4 Å². The lowest BCUT2D eigenvalue weighted by Gasteiger charge is -2.36. The molecule has 1 fully saturated rings. The standard InChI is InChI=1S/C21H28N4O2S/c1-15-19(16(2)23-21(22-15)28-4)8-9-20(26)25-12-10-24(11-13-25)17-6-5-7-18(14-17)27-3/h5-7,14H,8-13H2,1-4H3. The number of nitrogens with zero attached hydrogens (tertiary/aromatic N) is 4. The van der Waals surface area contributed by atoms with Gasteiger partial charge in [-0.25, -0.2) is 9.97 Å². The zero-order valence-corrected chi connectivity index (χ0v) is 17.9. The number of amides is 1. The quantitative estimate of drug-likeness (QED) is 0.549. The second-order valence-electron chi connectivity index (χ2n) is 6.93. The van der Waals surface area contributed by atoms with E-state index in [0.29, 0.717) is 12.8 Å². The molecular weight excluding hydrogens is 372 g/mol. The molecule has 2 aromatic rings. The number of anilines is 1. The van der Waals surface area contributed by atoms with Gasteiger partial charge in [0.15, 0.2) is 5.16 Å². The minimum Gasteiger partial charge on any atom is -0.497 e. The Morgan fingerprint density at radius 1 is 1.14 bits per heavy atom. The number of carbonyl (C=O) groups excluding carboxylic acids is 1. The van der Waals surface area contributed by atoms with Crippen LogP contribution in [0.2, 0.25) is 0 Å². The summed E-state index contributed by atoms with van der Waals surface area (Å²) in [5.74, 6) is 1.06. The molecule has 7 heteroatoms. The lowest BCUT2D eigenvalue weighted by atomic mass is 10.1. The summed E-state index contributed by atoms with van der Waals surface area (Å²) in [5.41, 5.74) is 4.20. The first kappa shape index (κ1) is 20.5. The summed E-state index contributed by atoms with van der Waals surface area (Å²) < 4.78 is 5.31. The highest BCUT2D eigenvalue weighted by Gasteiger charge is 2.22. The number of piperazine rings is 1. The first-order valence-corrected chi connectivity index (χ1v) is 10.8. The summed E-state index contributed by atoms with van der Waals surface area (Å²) in [4.78, 5) is 26.0. The number of hydrogen-bond acceptors (Lipinski definition) is 6. The molecule has 0 atom stereocenters. The van der Waals surface area contributed by atoms with E-state index in [1.165, 1.54) is 0 Å². The van der Waals surface area contributed by atoms with Crippen LogP contribution in [0, 0.1) is 13.8 Å². The number of aryl methyl sites for hydroxylation is 2. The zero-order chi connectivity index (χ0) is 20.1. The molecule has 28 heavy (non-hydrogen) atoms. The van der Waals surface area contributed by atoms with E-state index in [9.17, 15) is 4.79 Å². The van der Waals surface area contributed by atoms with Gasteiger partial charge in [0.25, 0.3) is 0 Å². The maximum atomic E-state index is 12.7. The fraction of sp³-hybridized carbons (Fsp3) is 0.476. The minimum atomic E-state index is 0.207.